The summed E-state index contributed by atoms with van der Waals surface area (Å²) in [5.74, 6) is 0. The number of aliphatic hydroxyl groups excluding tert-OH is 3. The maximum atomic E-state index is 9.56. The van der Waals surface area contributed by atoms with Crippen LogP contribution in [0, 0.1) is 0 Å². The molecule has 0 aliphatic heterocycles. The Morgan fingerprint density at radius 3 is 1.15 bits per heavy atom. The highest BCUT2D eigenvalue weighted by molar-refractivity contribution is 4.42. The first-order chi connectivity index (χ1) is 6.08. The highest BCUT2D eigenvalue weighted by Crippen LogP contribution is 1.90. The van der Waals surface area contributed by atoms with Gasteiger partial charge in [0.1, 0.15) is 0 Å². The van der Waals surface area contributed by atoms with Crippen molar-refractivity contribution in [2.24, 2.45) is 0 Å². The molecule has 0 fully saturated rings. The largest absolute Gasteiger partial charge is 0.345 e. The average molecular weight is 192 g/mol. The molecule has 0 aliphatic rings. The minimum atomic E-state index is -0.690. The second kappa shape index (κ2) is 6.32. The Morgan fingerprint density at radius 2 is 1.00 bits per heavy atom. The molecule has 0 aromatic rings. The Morgan fingerprint density at radius 1 is 0.769 bits per heavy atom. The van der Waals surface area contributed by atoms with E-state index in [1.807, 2.05) is 20.8 Å². The van der Waals surface area contributed by atoms with Crippen molar-refractivity contribution in [2.75, 3.05) is 0 Å². The third-order valence-corrected chi connectivity index (χ3v) is 2.31. The van der Waals surface area contributed by atoms with E-state index in [-0.39, 0.29) is 0 Å². The molecule has 0 saturated heterocycles. The SMILES string of the molecule is CCC(O)[NH+](C(O)CC)C(O)CC. The van der Waals surface area contributed by atoms with Gasteiger partial charge < -0.3 is 15.3 Å². The lowest BCUT2D eigenvalue weighted by molar-refractivity contribution is -1.03. The van der Waals surface area contributed by atoms with Crippen LogP contribution in [-0.4, -0.2) is 34.0 Å². The lowest BCUT2D eigenvalue weighted by Crippen LogP contribution is -3.22. The molecule has 3 unspecified atom stereocenters. The Hall–Kier alpha value is -0.160. The van der Waals surface area contributed by atoms with Gasteiger partial charge in [-0.3, -0.25) is 4.90 Å². The number of quaternary nitrogens is 1. The summed E-state index contributed by atoms with van der Waals surface area (Å²) in [6, 6.07) is 0. The van der Waals surface area contributed by atoms with Gasteiger partial charge in [-0.2, -0.15) is 0 Å². The quantitative estimate of drug-likeness (QED) is 0.411. The summed E-state index contributed by atoms with van der Waals surface area (Å²) < 4.78 is 0. The summed E-state index contributed by atoms with van der Waals surface area (Å²) in [4.78, 5) is 0.465. The maximum Gasteiger partial charge on any atom is 0.192 e. The third-order valence-electron chi connectivity index (χ3n) is 2.31. The van der Waals surface area contributed by atoms with Crippen molar-refractivity contribution in [3.05, 3.63) is 0 Å². The normalized spacial score (nSPS) is 20.8. The topological polar surface area (TPSA) is 65.1 Å². The third kappa shape index (κ3) is 3.60. The van der Waals surface area contributed by atoms with Crippen molar-refractivity contribution in [1.82, 2.24) is 0 Å². The Bertz CT molecular complexity index is 108. The molecule has 3 atom stereocenters. The standard InChI is InChI=1S/C9H21NO3/c1-4-7(11)10(8(12)5-2)9(13)6-3/h7-9,11-13H,4-6H2,1-3H3/p+1. The van der Waals surface area contributed by atoms with Gasteiger partial charge in [0.15, 0.2) is 18.7 Å². The van der Waals surface area contributed by atoms with E-state index in [0.29, 0.717) is 24.2 Å². The Labute approximate surface area is 79.8 Å². The molecule has 0 radical (unpaired) electrons. The van der Waals surface area contributed by atoms with Gasteiger partial charge >= 0.3 is 0 Å². The van der Waals surface area contributed by atoms with Crippen LogP contribution >= 0.6 is 0 Å². The predicted octanol–water partition coefficient (Wildman–Crippen LogP) is -0.943. The molecule has 0 amide bonds. The number of hydrogen-bond acceptors (Lipinski definition) is 3. The molecule has 13 heavy (non-hydrogen) atoms. The van der Waals surface area contributed by atoms with Crippen LogP contribution in [0.4, 0.5) is 0 Å². The molecule has 0 rings (SSSR count). The zero-order chi connectivity index (χ0) is 10.4. The number of nitrogens with one attached hydrogen (secondary N) is 1. The predicted molar refractivity (Wildman–Crippen MR) is 49.9 cm³/mol. The average Bonchev–Trinajstić information content (AvgIpc) is 2.16. The van der Waals surface area contributed by atoms with Gasteiger partial charge in [-0.25, -0.2) is 0 Å². The van der Waals surface area contributed by atoms with Crippen LogP contribution in [0.25, 0.3) is 0 Å². The molecule has 4 N–H and O–H groups in total. The van der Waals surface area contributed by atoms with Gasteiger partial charge in [0, 0.05) is 19.3 Å². The van der Waals surface area contributed by atoms with Gasteiger partial charge in [0.25, 0.3) is 0 Å². The minimum absolute atomic E-state index is 0.465. The van der Waals surface area contributed by atoms with Crippen LogP contribution in [-0.2, 0) is 0 Å². The molecular formula is C9H22NO3+. The Kier molecular flexibility index (Phi) is 6.24. The van der Waals surface area contributed by atoms with Crippen LogP contribution in [0.5, 0.6) is 0 Å². The zero-order valence-corrected chi connectivity index (χ0v) is 8.70. The minimum Gasteiger partial charge on any atom is -0.345 e. The molecule has 0 aromatic heterocycles. The van der Waals surface area contributed by atoms with Crippen molar-refractivity contribution in [3.8, 4) is 0 Å². The van der Waals surface area contributed by atoms with E-state index in [1.165, 1.54) is 0 Å². The number of aliphatic hydroxyl groups is 3. The smallest absolute Gasteiger partial charge is 0.192 e. The fourth-order valence-corrected chi connectivity index (χ4v) is 1.37. The lowest BCUT2D eigenvalue weighted by Gasteiger charge is -2.31. The van der Waals surface area contributed by atoms with E-state index in [4.69, 9.17) is 0 Å². The molecule has 0 saturated carbocycles. The maximum absolute atomic E-state index is 9.56. The van der Waals surface area contributed by atoms with Crippen LogP contribution in [0.3, 0.4) is 0 Å². The Balaban J connectivity index is 4.34. The molecule has 0 spiro atoms. The van der Waals surface area contributed by atoms with E-state index in [0.717, 1.165) is 0 Å². The highest BCUT2D eigenvalue weighted by Gasteiger charge is 2.30. The first-order valence-corrected chi connectivity index (χ1v) is 4.99. The summed E-state index contributed by atoms with van der Waals surface area (Å²) in [5.41, 5.74) is 0. The van der Waals surface area contributed by atoms with Gasteiger partial charge in [0.05, 0.1) is 0 Å². The number of hydrogen-bond donors (Lipinski definition) is 4. The fourth-order valence-electron chi connectivity index (χ4n) is 1.37. The van der Waals surface area contributed by atoms with Crippen molar-refractivity contribution >= 4 is 0 Å². The molecule has 0 heterocycles. The molecule has 0 aliphatic carbocycles. The first kappa shape index (κ1) is 12.8. The van der Waals surface area contributed by atoms with Crippen LogP contribution in [0.2, 0.25) is 0 Å². The molecule has 0 bridgehead atoms. The van der Waals surface area contributed by atoms with E-state index in [9.17, 15) is 15.3 Å². The summed E-state index contributed by atoms with van der Waals surface area (Å²) in [6.45, 7) is 5.49. The van der Waals surface area contributed by atoms with Gasteiger partial charge in [0.2, 0.25) is 0 Å². The van der Waals surface area contributed by atoms with E-state index < -0.39 is 18.7 Å². The van der Waals surface area contributed by atoms with Crippen molar-refractivity contribution in [3.63, 3.8) is 0 Å². The summed E-state index contributed by atoms with van der Waals surface area (Å²) in [5, 5.41) is 28.7. The fraction of sp³-hybridized carbons (Fsp3) is 1.00. The molecule has 80 valence electrons. The molecular weight excluding hydrogens is 170 g/mol. The lowest BCUT2D eigenvalue weighted by atomic mass is 10.2. The highest BCUT2D eigenvalue weighted by atomic mass is 16.4. The van der Waals surface area contributed by atoms with Gasteiger partial charge in [-0.1, -0.05) is 20.8 Å². The van der Waals surface area contributed by atoms with Crippen molar-refractivity contribution in [2.45, 2.75) is 58.7 Å². The van der Waals surface area contributed by atoms with E-state index in [1.54, 1.807) is 0 Å². The van der Waals surface area contributed by atoms with Crippen molar-refractivity contribution in [1.29, 1.82) is 0 Å². The van der Waals surface area contributed by atoms with E-state index in [2.05, 4.69) is 0 Å². The van der Waals surface area contributed by atoms with Crippen LogP contribution in [0.15, 0.2) is 0 Å². The molecule has 4 nitrogen and oxygen atoms in total. The van der Waals surface area contributed by atoms with Crippen molar-refractivity contribution < 1.29 is 20.2 Å². The summed E-state index contributed by atoms with van der Waals surface area (Å²) in [6.07, 6.45) is -0.476. The first-order valence-electron chi connectivity index (χ1n) is 4.99. The van der Waals surface area contributed by atoms with Crippen LogP contribution < -0.4 is 4.90 Å². The van der Waals surface area contributed by atoms with E-state index >= 15 is 0 Å². The monoisotopic (exact) mass is 192 g/mol. The van der Waals surface area contributed by atoms with Crippen LogP contribution in [0.1, 0.15) is 40.0 Å². The summed E-state index contributed by atoms with van der Waals surface area (Å²) in [7, 11) is 0. The molecule has 0 aromatic carbocycles. The summed E-state index contributed by atoms with van der Waals surface area (Å²) >= 11 is 0. The van der Waals surface area contributed by atoms with Gasteiger partial charge in [-0.05, 0) is 0 Å². The number of rotatable bonds is 6. The second-order valence-electron chi connectivity index (χ2n) is 3.27. The molecule has 4 heteroatoms. The van der Waals surface area contributed by atoms with Gasteiger partial charge in [-0.15, -0.1) is 0 Å². The zero-order valence-electron chi connectivity index (χ0n) is 8.70. The second-order valence-corrected chi connectivity index (χ2v) is 3.27.